The molecule has 210 valence electrons. The van der Waals surface area contributed by atoms with E-state index in [0.717, 1.165) is 22.1 Å². The number of nitrogens with one attached hydrogen (secondary N) is 1. The van der Waals surface area contributed by atoms with Gasteiger partial charge in [-0.3, -0.25) is 20.5 Å². The third-order valence-corrected chi connectivity index (χ3v) is 6.48. The van der Waals surface area contributed by atoms with Crippen molar-refractivity contribution in [2.24, 2.45) is 12.8 Å². The number of ether oxygens (including phenoxy) is 1. The Bertz CT molecular complexity index is 1900. The molecule has 2 aromatic carbocycles. The molecule has 6 rings (SSSR count). The summed E-state index contributed by atoms with van der Waals surface area (Å²) >= 11 is 0. The number of halogens is 3. The van der Waals surface area contributed by atoms with Gasteiger partial charge in [0.2, 0.25) is 0 Å². The zero-order valence-electron chi connectivity index (χ0n) is 21.9. The zero-order chi connectivity index (χ0) is 29.4. The number of hydrogen-bond donors (Lipinski definition) is 2. The molecule has 4 heterocycles. The highest BCUT2D eigenvalue weighted by Crippen LogP contribution is 2.36. The summed E-state index contributed by atoms with van der Waals surface area (Å²) in [5.41, 5.74) is 10.8. The van der Waals surface area contributed by atoms with Crippen LogP contribution in [0.4, 0.5) is 13.2 Å². The Morgan fingerprint density at radius 1 is 0.976 bits per heavy atom. The highest BCUT2D eigenvalue weighted by molar-refractivity contribution is 5.97. The van der Waals surface area contributed by atoms with Gasteiger partial charge in [0.1, 0.15) is 5.69 Å². The maximum Gasteiger partial charge on any atom is 0.490 e. The van der Waals surface area contributed by atoms with E-state index in [9.17, 15) is 18.0 Å². The number of nitrogens with two attached hydrogens (primary N) is 1. The van der Waals surface area contributed by atoms with Gasteiger partial charge in [-0.05, 0) is 17.7 Å². The summed E-state index contributed by atoms with van der Waals surface area (Å²) in [5, 5.41) is 12.2. The lowest BCUT2D eigenvalue weighted by Crippen LogP contribution is -2.29. The van der Waals surface area contributed by atoms with E-state index in [2.05, 4.69) is 30.0 Å². The number of pyridine rings is 2. The molecule has 10 nitrogen and oxygen atoms in total. The Kier molecular flexibility index (Phi) is 6.71. The Balaban J connectivity index is 1.42. The van der Waals surface area contributed by atoms with Gasteiger partial charge in [-0.15, -0.1) is 0 Å². The fraction of sp³-hybridized carbons (Fsp3) is 0.103. The molecule has 3 N–H and O–H groups in total. The van der Waals surface area contributed by atoms with Crippen molar-refractivity contribution in [1.29, 1.82) is 0 Å². The monoisotopic (exact) mass is 570 g/mol. The Labute approximate surface area is 236 Å². The normalized spacial score (nSPS) is 12.4. The number of esters is 1. The minimum atomic E-state index is -5.14. The Morgan fingerprint density at radius 2 is 1.74 bits per heavy atom. The highest BCUT2D eigenvalue weighted by Gasteiger charge is 2.42. The number of alkyl halides is 3. The number of H-pyrrole nitrogens is 1. The Hall–Kier alpha value is -5.43. The molecular formula is C29H21F3N8O2. The smallest absolute Gasteiger partial charge is 0.436 e. The molecule has 6 aromatic rings. The number of benzene rings is 2. The number of hydrogen-bond acceptors (Lipinski definition) is 8. The van der Waals surface area contributed by atoms with Gasteiger partial charge in [-0.1, -0.05) is 54.6 Å². The first-order valence-corrected chi connectivity index (χ1v) is 12.6. The van der Waals surface area contributed by atoms with Gasteiger partial charge in [0.05, 0.1) is 23.0 Å². The van der Waals surface area contributed by atoms with Gasteiger partial charge in [-0.2, -0.15) is 23.4 Å². The minimum absolute atomic E-state index is 0.194. The molecule has 13 heteroatoms. The van der Waals surface area contributed by atoms with Crippen molar-refractivity contribution in [3.05, 3.63) is 90.9 Å². The molecule has 42 heavy (non-hydrogen) atoms. The van der Waals surface area contributed by atoms with Crippen molar-refractivity contribution in [2.75, 3.05) is 0 Å². The minimum Gasteiger partial charge on any atom is -0.436 e. The fourth-order valence-corrected chi connectivity index (χ4v) is 4.46. The molecule has 0 saturated carbocycles. The van der Waals surface area contributed by atoms with Crippen LogP contribution in [-0.4, -0.2) is 47.1 Å². The molecule has 0 radical (unpaired) electrons. The molecule has 0 spiro atoms. The molecule has 1 unspecified atom stereocenters. The lowest BCUT2D eigenvalue weighted by atomic mass is 9.96. The molecule has 4 aromatic heterocycles. The number of aromatic nitrogens is 7. The third-order valence-electron chi connectivity index (χ3n) is 6.48. The fourth-order valence-electron chi connectivity index (χ4n) is 4.46. The second-order valence-corrected chi connectivity index (χ2v) is 9.33. The van der Waals surface area contributed by atoms with E-state index < -0.39 is 18.4 Å². The molecule has 0 fully saturated rings. The molecule has 0 aliphatic rings. The number of aryl methyl sites for hydroxylation is 1. The molecule has 0 amide bonds. The molecule has 0 aliphatic heterocycles. The first kappa shape index (κ1) is 26.8. The predicted octanol–water partition coefficient (Wildman–Crippen LogP) is 5.21. The summed E-state index contributed by atoms with van der Waals surface area (Å²) in [6.45, 7) is 0. The van der Waals surface area contributed by atoms with Crippen LogP contribution in [0.1, 0.15) is 11.8 Å². The SMILES string of the molecule is Cn1cc(-c2n[nH]c(-c3nccc4nc(-c5ccc(C(N)OC(=O)C(F)(F)F)cc5)c(-c5ccccc5)cc34)n2)cn1. The maximum atomic E-state index is 12.6. The van der Waals surface area contributed by atoms with Crippen molar-refractivity contribution < 1.29 is 22.7 Å². The van der Waals surface area contributed by atoms with Crippen LogP contribution in [0.5, 0.6) is 0 Å². The number of fused-ring (bicyclic) bond motifs is 1. The summed E-state index contributed by atoms with van der Waals surface area (Å²) in [5.74, 6) is -1.42. The van der Waals surface area contributed by atoms with E-state index in [1.807, 2.05) is 49.6 Å². The summed E-state index contributed by atoms with van der Waals surface area (Å²) < 4.78 is 43.8. The van der Waals surface area contributed by atoms with Crippen LogP contribution in [0.25, 0.3) is 56.2 Å². The second-order valence-electron chi connectivity index (χ2n) is 9.33. The lowest BCUT2D eigenvalue weighted by Gasteiger charge is -2.16. The van der Waals surface area contributed by atoms with Gasteiger partial charge < -0.3 is 4.74 Å². The summed E-state index contributed by atoms with van der Waals surface area (Å²) in [4.78, 5) is 25.4. The van der Waals surface area contributed by atoms with Gasteiger partial charge in [0, 0.05) is 41.5 Å². The van der Waals surface area contributed by atoms with E-state index in [0.29, 0.717) is 34.1 Å². The van der Waals surface area contributed by atoms with Crippen molar-refractivity contribution in [3.63, 3.8) is 0 Å². The number of rotatable bonds is 6. The van der Waals surface area contributed by atoms with Crippen LogP contribution >= 0.6 is 0 Å². The molecule has 1 atom stereocenters. The summed E-state index contributed by atoms with van der Waals surface area (Å²) in [6, 6.07) is 19.7. The average molecular weight is 571 g/mol. The highest BCUT2D eigenvalue weighted by atomic mass is 19.4. The standard InChI is InChI=1S/C29H21F3N8O2/c1-40-15-19(14-35-40)26-37-27(39-38-26)24-21-13-20(16-5-3-2-4-6-16)23(36-22(21)11-12-34-24)17-7-9-18(10-8-17)25(33)42-28(41)29(30,31)32/h2-15,25H,33H2,1H3,(H,37,38,39). The van der Waals surface area contributed by atoms with E-state index >= 15 is 0 Å². The first-order valence-electron chi connectivity index (χ1n) is 12.6. The average Bonchev–Trinajstić information content (AvgIpc) is 3.65. The summed E-state index contributed by atoms with van der Waals surface area (Å²) in [6.07, 6.45) is -1.62. The zero-order valence-corrected chi connectivity index (χ0v) is 21.9. The van der Waals surface area contributed by atoms with Gasteiger partial charge in [0.25, 0.3) is 0 Å². The van der Waals surface area contributed by atoms with Crippen LogP contribution in [0.15, 0.2) is 85.3 Å². The van der Waals surface area contributed by atoms with Crippen molar-refractivity contribution >= 4 is 16.9 Å². The Morgan fingerprint density at radius 3 is 2.43 bits per heavy atom. The van der Waals surface area contributed by atoms with Gasteiger partial charge in [-0.25, -0.2) is 14.8 Å². The van der Waals surface area contributed by atoms with Gasteiger partial charge >= 0.3 is 12.1 Å². The molecule has 0 saturated heterocycles. The van der Waals surface area contributed by atoms with E-state index in [4.69, 9.17) is 10.7 Å². The third kappa shape index (κ3) is 5.20. The van der Waals surface area contributed by atoms with Crippen molar-refractivity contribution in [1.82, 2.24) is 34.9 Å². The predicted molar refractivity (Wildman–Crippen MR) is 147 cm³/mol. The number of carbonyl (C=O) groups excluding carboxylic acids is 1. The number of nitrogens with zero attached hydrogens (tertiary/aromatic N) is 6. The van der Waals surface area contributed by atoms with Crippen LogP contribution in [0.2, 0.25) is 0 Å². The number of aromatic amines is 1. The quantitative estimate of drug-likeness (QED) is 0.206. The first-order chi connectivity index (χ1) is 20.2. The van der Waals surface area contributed by atoms with E-state index in [1.54, 1.807) is 35.3 Å². The lowest BCUT2D eigenvalue weighted by molar-refractivity contribution is -0.205. The summed E-state index contributed by atoms with van der Waals surface area (Å²) in [7, 11) is 1.81. The largest absolute Gasteiger partial charge is 0.490 e. The maximum absolute atomic E-state index is 12.6. The van der Waals surface area contributed by atoms with Gasteiger partial charge in [0.15, 0.2) is 17.9 Å². The molecule has 0 aliphatic carbocycles. The second kappa shape index (κ2) is 10.5. The topological polar surface area (TPSA) is 137 Å². The van der Waals surface area contributed by atoms with Crippen molar-refractivity contribution in [2.45, 2.75) is 12.4 Å². The van der Waals surface area contributed by atoms with Crippen LogP contribution in [0, 0.1) is 0 Å². The van der Waals surface area contributed by atoms with Crippen LogP contribution < -0.4 is 5.73 Å². The van der Waals surface area contributed by atoms with Crippen LogP contribution in [0.3, 0.4) is 0 Å². The number of carbonyl (C=O) groups is 1. The van der Waals surface area contributed by atoms with Crippen molar-refractivity contribution in [3.8, 4) is 45.3 Å². The molecular weight excluding hydrogens is 549 g/mol. The van der Waals surface area contributed by atoms with E-state index in [-0.39, 0.29) is 5.56 Å². The molecule has 0 bridgehead atoms. The van der Waals surface area contributed by atoms with E-state index in [1.165, 1.54) is 12.1 Å². The van der Waals surface area contributed by atoms with Crippen LogP contribution in [-0.2, 0) is 16.6 Å².